The Morgan fingerprint density at radius 2 is 1.73 bits per heavy atom. The summed E-state index contributed by atoms with van der Waals surface area (Å²) in [6.45, 7) is 9.17. The van der Waals surface area contributed by atoms with Gasteiger partial charge in [-0.25, -0.2) is 4.98 Å². The number of carbonyl (C=O) groups is 1. The lowest BCUT2D eigenvalue weighted by molar-refractivity contribution is -0.129. The van der Waals surface area contributed by atoms with E-state index in [1.54, 1.807) is 23.6 Å². The van der Waals surface area contributed by atoms with Crippen molar-refractivity contribution in [3.05, 3.63) is 52.4 Å². The van der Waals surface area contributed by atoms with E-state index in [4.69, 9.17) is 0 Å². The van der Waals surface area contributed by atoms with E-state index in [9.17, 15) is 9.59 Å². The van der Waals surface area contributed by atoms with Gasteiger partial charge in [0.15, 0.2) is 0 Å². The van der Waals surface area contributed by atoms with Gasteiger partial charge in [0, 0.05) is 62.5 Å². The molecule has 1 fully saturated rings. The van der Waals surface area contributed by atoms with Crippen LogP contribution < -0.4 is 15.8 Å². The highest BCUT2D eigenvalue weighted by atomic mass is 16.2. The number of aryl methyl sites for hydroxylation is 2. The lowest BCUT2D eigenvalue weighted by Gasteiger charge is -2.35. The van der Waals surface area contributed by atoms with Crippen LogP contribution in [-0.2, 0) is 11.3 Å². The van der Waals surface area contributed by atoms with Gasteiger partial charge in [-0.05, 0) is 44.2 Å². The number of nitrogens with one attached hydrogen (secondary N) is 1. The average molecular weight is 406 g/mol. The van der Waals surface area contributed by atoms with Gasteiger partial charge in [-0.15, -0.1) is 0 Å². The highest BCUT2D eigenvalue weighted by molar-refractivity contribution is 5.79. The van der Waals surface area contributed by atoms with Crippen molar-refractivity contribution in [2.24, 2.45) is 0 Å². The van der Waals surface area contributed by atoms with E-state index >= 15 is 0 Å². The summed E-state index contributed by atoms with van der Waals surface area (Å²) in [7, 11) is 0. The second-order valence-corrected chi connectivity index (χ2v) is 7.45. The number of hydrogen-bond donors (Lipinski definition) is 1. The molecule has 2 aromatic heterocycles. The molecule has 0 saturated carbocycles. The Bertz CT molecular complexity index is 1130. The minimum Gasteiger partial charge on any atom is -0.368 e. The Morgan fingerprint density at radius 1 is 1.03 bits per heavy atom. The van der Waals surface area contributed by atoms with Crippen LogP contribution in [0, 0.1) is 6.92 Å². The number of aromatic nitrogens is 3. The molecule has 0 bridgehead atoms. The Labute approximate surface area is 175 Å². The topological polar surface area (TPSA) is 83.4 Å². The summed E-state index contributed by atoms with van der Waals surface area (Å²) in [5.74, 6) is 0.601. The van der Waals surface area contributed by atoms with Crippen LogP contribution in [0.3, 0.4) is 0 Å². The van der Waals surface area contributed by atoms with Gasteiger partial charge in [0.25, 0.3) is 5.56 Å². The molecular formula is C22H26N6O2. The third-order valence-corrected chi connectivity index (χ3v) is 5.56. The van der Waals surface area contributed by atoms with Crippen LogP contribution in [0.2, 0.25) is 0 Å². The SMILES string of the molecule is CCn1c(=O)ccc2c(C)nc(Nc3ccc(N4CCN(C(C)=O)CC4)cc3)nc21. The van der Waals surface area contributed by atoms with Gasteiger partial charge in [-0.3, -0.25) is 14.2 Å². The van der Waals surface area contributed by atoms with Gasteiger partial charge < -0.3 is 15.1 Å². The molecule has 1 N–H and O–H groups in total. The minimum absolute atomic E-state index is 0.0664. The Balaban J connectivity index is 1.53. The Kier molecular flexibility index (Phi) is 5.39. The van der Waals surface area contributed by atoms with Crippen LogP contribution in [0.25, 0.3) is 11.0 Å². The average Bonchev–Trinajstić information content (AvgIpc) is 2.74. The summed E-state index contributed by atoms with van der Waals surface area (Å²) >= 11 is 0. The molecule has 4 rings (SSSR count). The first-order chi connectivity index (χ1) is 14.5. The predicted molar refractivity (Wildman–Crippen MR) is 118 cm³/mol. The number of anilines is 3. The van der Waals surface area contributed by atoms with Gasteiger partial charge in [-0.1, -0.05) is 0 Å². The van der Waals surface area contributed by atoms with E-state index in [-0.39, 0.29) is 11.5 Å². The molecule has 0 atom stereocenters. The maximum atomic E-state index is 12.1. The van der Waals surface area contributed by atoms with Crippen molar-refractivity contribution in [3.8, 4) is 0 Å². The fourth-order valence-electron chi connectivity index (χ4n) is 3.84. The standard InChI is InChI=1S/C22H26N6O2/c1-4-28-20(30)10-9-19-15(2)23-22(25-21(19)28)24-17-5-7-18(8-6-17)27-13-11-26(12-14-27)16(3)29/h5-10H,4,11-14H2,1-3H3,(H,23,24,25). The molecule has 156 valence electrons. The Hall–Kier alpha value is -3.42. The van der Waals surface area contributed by atoms with Gasteiger partial charge in [0.1, 0.15) is 5.65 Å². The molecule has 0 spiro atoms. The first kappa shape index (κ1) is 19.9. The highest BCUT2D eigenvalue weighted by Gasteiger charge is 2.18. The van der Waals surface area contributed by atoms with Gasteiger partial charge >= 0.3 is 0 Å². The minimum atomic E-state index is -0.0664. The van der Waals surface area contributed by atoms with Crippen molar-refractivity contribution in [1.82, 2.24) is 19.4 Å². The van der Waals surface area contributed by atoms with Crippen molar-refractivity contribution in [2.75, 3.05) is 36.4 Å². The first-order valence-corrected chi connectivity index (χ1v) is 10.2. The van der Waals surface area contributed by atoms with Crippen molar-refractivity contribution < 1.29 is 4.79 Å². The summed E-state index contributed by atoms with van der Waals surface area (Å²) in [6, 6.07) is 11.4. The maximum Gasteiger partial charge on any atom is 0.252 e. The fourth-order valence-corrected chi connectivity index (χ4v) is 3.84. The van der Waals surface area contributed by atoms with Crippen LogP contribution in [-0.4, -0.2) is 51.5 Å². The maximum absolute atomic E-state index is 12.1. The van der Waals surface area contributed by atoms with Crippen molar-refractivity contribution in [2.45, 2.75) is 27.3 Å². The number of carbonyl (C=O) groups excluding carboxylic acids is 1. The van der Waals surface area contributed by atoms with E-state index in [1.165, 1.54) is 0 Å². The zero-order valence-corrected chi connectivity index (χ0v) is 17.6. The molecule has 0 unspecified atom stereocenters. The van der Waals surface area contributed by atoms with Crippen molar-refractivity contribution in [1.29, 1.82) is 0 Å². The molecule has 1 aromatic carbocycles. The molecule has 8 heteroatoms. The smallest absolute Gasteiger partial charge is 0.252 e. The zero-order valence-electron chi connectivity index (χ0n) is 17.6. The van der Waals surface area contributed by atoms with E-state index in [2.05, 4.69) is 32.3 Å². The molecule has 3 heterocycles. The second kappa shape index (κ2) is 8.14. The Morgan fingerprint density at radius 3 is 2.37 bits per heavy atom. The van der Waals surface area contributed by atoms with Crippen LogP contribution in [0.15, 0.2) is 41.2 Å². The number of piperazine rings is 1. The number of hydrogen-bond acceptors (Lipinski definition) is 6. The molecule has 1 aliphatic heterocycles. The summed E-state index contributed by atoms with van der Waals surface area (Å²) in [4.78, 5) is 36.9. The summed E-state index contributed by atoms with van der Waals surface area (Å²) in [6.07, 6.45) is 0. The third-order valence-electron chi connectivity index (χ3n) is 5.56. The lowest BCUT2D eigenvalue weighted by Crippen LogP contribution is -2.48. The van der Waals surface area contributed by atoms with E-state index in [0.717, 1.165) is 48.6 Å². The van der Waals surface area contributed by atoms with Crippen molar-refractivity contribution >= 4 is 34.3 Å². The first-order valence-electron chi connectivity index (χ1n) is 10.2. The summed E-state index contributed by atoms with van der Waals surface area (Å²) < 4.78 is 1.65. The molecule has 1 amide bonds. The fraction of sp³-hybridized carbons (Fsp3) is 0.364. The molecule has 0 radical (unpaired) electrons. The molecular weight excluding hydrogens is 380 g/mol. The molecule has 30 heavy (non-hydrogen) atoms. The number of nitrogens with zero attached hydrogens (tertiary/aromatic N) is 5. The normalized spacial score (nSPS) is 14.2. The number of fused-ring (bicyclic) bond motifs is 1. The molecule has 1 aliphatic rings. The van der Waals surface area contributed by atoms with E-state index < -0.39 is 0 Å². The van der Waals surface area contributed by atoms with Crippen LogP contribution in [0.1, 0.15) is 19.5 Å². The monoisotopic (exact) mass is 406 g/mol. The van der Waals surface area contributed by atoms with Gasteiger partial charge in [-0.2, -0.15) is 4.98 Å². The number of rotatable bonds is 4. The predicted octanol–water partition coefficient (Wildman–Crippen LogP) is 2.53. The number of pyridine rings is 1. The molecule has 0 aliphatic carbocycles. The van der Waals surface area contributed by atoms with Gasteiger partial charge in [0.05, 0.1) is 5.69 Å². The van der Waals surface area contributed by atoms with Crippen LogP contribution in [0.5, 0.6) is 0 Å². The number of amides is 1. The van der Waals surface area contributed by atoms with Crippen LogP contribution in [0.4, 0.5) is 17.3 Å². The molecule has 3 aromatic rings. The summed E-state index contributed by atoms with van der Waals surface area (Å²) in [5, 5.41) is 4.13. The zero-order chi connectivity index (χ0) is 21.3. The lowest BCUT2D eigenvalue weighted by atomic mass is 10.2. The third kappa shape index (κ3) is 3.85. The van der Waals surface area contributed by atoms with E-state index in [1.807, 2.05) is 30.9 Å². The second-order valence-electron chi connectivity index (χ2n) is 7.45. The summed E-state index contributed by atoms with van der Waals surface area (Å²) in [5.41, 5.74) is 3.40. The number of benzene rings is 1. The highest BCUT2D eigenvalue weighted by Crippen LogP contribution is 2.22. The molecule has 1 saturated heterocycles. The van der Waals surface area contributed by atoms with Crippen LogP contribution >= 0.6 is 0 Å². The van der Waals surface area contributed by atoms with E-state index in [0.29, 0.717) is 18.1 Å². The van der Waals surface area contributed by atoms with Crippen molar-refractivity contribution in [3.63, 3.8) is 0 Å². The molecule has 8 nitrogen and oxygen atoms in total. The largest absolute Gasteiger partial charge is 0.368 e. The quantitative estimate of drug-likeness (QED) is 0.717. The van der Waals surface area contributed by atoms with Gasteiger partial charge in [0.2, 0.25) is 11.9 Å².